The number of nitrogens with zero attached hydrogens (tertiary/aromatic N) is 3. The number of morpholine rings is 1. The first-order valence-corrected chi connectivity index (χ1v) is 8.99. The van der Waals surface area contributed by atoms with Crippen LogP contribution in [0.1, 0.15) is 16.1 Å². The number of rotatable bonds is 7. The molecule has 1 fully saturated rings. The maximum Gasteiger partial charge on any atom is 0.337 e. The summed E-state index contributed by atoms with van der Waals surface area (Å²) in [5.74, 6) is 0.863. The van der Waals surface area contributed by atoms with Gasteiger partial charge in [0.1, 0.15) is 5.82 Å². The average Bonchev–Trinajstić information content (AvgIpc) is 2.68. The van der Waals surface area contributed by atoms with Crippen molar-refractivity contribution < 1.29 is 14.3 Å². The number of esters is 1. The molecule has 0 spiro atoms. The number of carbonyl (C=O) groups excluding carboxylic acids is 1. The van der Waals surface area contributed by atoms with E-state index in [0.717, 1.165) is 56.6 Å². The molecule has 1 aliphatic heterocycles. The van der Waals surface area contributed by atoms with E-state index < -0.39 is 0 Å². The first-order chi connectivity index (χ1) is 13.1. The minimum Gasteiger partial charge on any atom is -0.465 e. The van der Waals surface area contributed by atoms with Gasteiger partial charge in [-0.15, -0.1) is 0 Å². The van der Waals surface area contributed by atoms with Crippen LogP contribution in [-0.4, -0.2) is 67.3 Å². The maximum absolute atomic E-state index is 11.7. The molecule has 0 unspecified atom stereocenters. The lowest BCUT2D eigenvalue weighted by Crippen LogP contribution is -2.39. The highest BCUT2D eigenvalue weighted by atomic mass is 16.5. The summed E-state index contributed by atoms with van der Waals surface area (Å²) >= 11 is 0. The van der Waals surface area contributed by atoms with Crippen molar-refractivity contribution in [2.75, 3.05) is 57.1 Å². The van der Waals surface area contributed by atoms with Crippen LogP contribution < -0.4 is 10.6 Å². The number of ether oxygens (including phenoxy) is 2. The van der Waals surface area contributed by atoms with Crippen molar-refractivity contribution in [3.8, 4) is 0 Å². The Kier molecular flexibility index (Phi) is 6.56. The number of aryl methyl sites for hydroxylation is 1. The third-order valence-electron chi connectivity index (χ3n) is 4.23. The van der Waals surface area contributed by atoms with Gasteiger partial charge in [-0.05, 0) is 25.1 Å². The molecule has 8 heteroatoms. The summed E-state index contributed by atoms with van der Waals surface area (Å²) in [5.41, 5.74) is 2.05. The summed E-state index contributed by atoms with van der Waals surface area (Å²) in [4.78, 5) is 23.0. The Hall–Kier alpha value is -2.71. The first kappa shape index (κ1) is 19.1. The lowest BCUT2D eigenvalue weighted by molar-refractivity contribution is 0.0398. The van der Waals surface area contributed by atoms with Gasteiger partial charge >= 0.3 is 5.97 Å². The molecule has 0 radical (unpaired) electrons. The zero-order valence-electron chi connectivity index (χ0n) is 15.7. The zero-order valence-corrected chi connectivity index (χ0v) is 15.7. The summed E-state index contributed by atoms with van der Waals surface area (Å²) in [7, 11) is 1.36. The molecular formula is C19H25N5O3. The molecule has 2 aromatic rings. The highest BCUT2D eigenvalue weighted by Crippen LogP contribution is 2.17. The molecule has 1 aromatic carbocycles. The van der Waals surface area contributed by atoms with Crippen molar-refractivity contribution in [2.45, 2.75) is 6.92 Å². The van der Waals surface area contributed by atoms with Gasteiger partial charge in [0.15, 0.2) is 0 Å². The number of aromatic nitrogens is 2. The van der Waals surface area contributed by atoms with Gasteiger partial charge in [0.05, 0.1) is 25.9 Å². The standard InChI is InChI=1S/C19H25N5O3/c1-14-12-17(20-6-7-24-8-10-27-11-9-24)23-19(21-14)22-16-5-3-4-15(13-16)18(25)26-2/h3-5,12-13H,6-11H2,1-2H3,(H2,20,21,22,23). The fourth-order valence-electron chi connectivity index (χ4n) is 2.85. The predicted molar refractivity (Wildman–Crippen MR) is 104 cm³/mol. The number of nitrogens with one attached hydrogen (secondary N) is 2. The molecule has 1 saturated heterocycles. The van der Waals surface area contributed by atoms with E-state index in [2.05, 4.69) is 25.5 Å². The summed E-state index contributed by atoms with van der Waals surface area (Å²) < 4.78 is 10.1. The predicted octanol–water partition coefficient (Wildman–Crippen LogP) is 2.06. The Morgan fingerprint density at radius 3 is 2.85 bits per heavy atom. The Morgan fingerprint density at radius 2 is 2.07 bits per heavy atom. The molecule has 0 aliphatic carbocycles. The van der Waals surface area contributed by atoms with E-state index in [1.54, 1.807) is 18.2 Å². The van der Waals surface area contributed by atoms with E-state index >= 15 is 0 Å². The summed E-state index contributed by atoms with van der Waals surface area (Å²) in [6.07, 6.45) is 0. The lowest BCUT2D eigenvalue weighted by Gasteiger charge is -2.26. The van der Waals surface area contributed by atoms with Gasteiger partial charge in [0.2, 0.25) is 5.95 Å². The van der Waals surface area contributed by atoms with Crippen LogP contribution >= 0.6 is 0 Å². The Bertz CT molecular complexity index is 778. The number of benzene rings is 1. The van der Waals surface area contributed by atoms with Gasteiger partial charge in [-0.3, -0.25) is 4.90 Å². The second-order valence-corrected chi connectivity index (χ2v) is 6.30. The largest absolute Gasteiger partial charge is 0.465 e. The second kappa shape index (κ2) is 9.29. The molecule has 27 heavy (non-hydrogen) atoms. The van der Waals surface area contributed by atoms with Crippen molar-refractivity contribution in [1.29, 1.82) is 0 Å². The van der Waals surface area contributed by atoms with E-state index in [0.29, 0.717) is 11.5 Å². The second-order valence-electron chi connectivity index (χ2n) is 6.30. The van der Waals surface area contributed by atoms with Gasteiger partial charge < -0.3 is 20.1 Å². The Balaban J connectivity index is 1.62. The van der Waals surface area contributed by atoms with E-state index in [1.807, 2.05) is 19.1 Å². The smallest absolute Gasteiger partial charge is 0.337 e. The molecule has 1 aromatic heterocycles. The van der Waals surface area contributed by atoms with Crippen molar-refractivity contribution in [2.24, 2.45) is 0 Å². The van der Waals surface area contributed by atoms with Gasteiger partial charge in [0, 0.05) is 43.6 Å². The maximum atomic E-state index is 11.7. The van der Waals surface area contributed by atoms with E-state index in [-0.39, 0.29) is 5.97 Å². The molecule has 3 rings (SSSR count). The Morgan fingerprint density at radius 1 is 1.26 bits per heavy atom. The fourth-order valence-corrected chi connectivity index (χ4v) is 2.85. The van der Waals surface area contributed by atoms with Crippen molar-refractivity contribution in [3.63, 3.8) is 0 Å². The monoisotopic (exact) mass is 371 g/mol. The molecule has 0 bridgehead atoms. The molecule has 0 saturated carbocycles. The average molecular weight is 371 g/mol. The van der Waals surface area contributed by atoms with Crippen molar-refractivity contribution >= 4 is 23.4 Å². The minimum atomic E-state index is -0.380. The highest BCUT2D eigenvalue weighted by molar-refractivity contribution is 5.90. The molecular weight excluding hydrogens is 346 g/mol. The summed E-state index contributed by atoms with van der Waals surface area (Å²) in [5, 5.41) is 6.50. The SMILES string of the molecule is COC(=O)c1cccc(Nc2nc(C)cc(NCCN3CCOCC3)n2)c1. The molecule has 8 nitrogen and oxygen atoms in total. The van der Waals surface area contributed by atoms with Crippen LogP contribution in [0.5, 0.6) is 0 Å². The van der Waals surface area contributed by atoms with E-state index in [4.69, 9.17) is 9.47 Å². The van der Waals surface area contributed by atoms with Gasteiger partial charge in [-0.2, -0.15) is 4.98 Å². The summed E-state index contributed by atoms with van der Waals surface area (Å²) in [6, 6.07) is 8.96. The van der Waals surface area contributed by atoms with Crippen LogP contribution in [0.4, 0.5) is 17.5 Å². The van der Waals surface area contributed by atoms with Crippen molar-refractivity contribution in [3.05, 3.63) is 41.6 Å². The quantitative estimate of drug-likeness (QED) is 0.715. The van der Waals surface area contributed by atoms with Crippen LogP contribution in [0.15, 0.2) is 30.3 Å². The van der Waals surface area contributed by atoms with Crippen LogP contribution in [-0.2, 0) is 9.47 Å². The van der Waals surface area contributed by atoms with E-state index in [9.17, 15) is 4.79 Å². The van der Waals surface area contributed by atoms with Gasteiger partial charge in [0.25, 0.3) is 0 Å². The number of methoxy groups -OCH3 is 1. The third-order valence-corrected chi connectivity index (χ3v) is 4.23. The minimum absolute atomic E-state index is 0.380. The molecule has 1 aliphatic rings. The number of anilines is 3. The molecule has 2 N–H and O–H groups in total. The number of hydrogen-bond acceptors (Lipinski definition) is 8. The van der Waals surface area contributed by atoms with Crippen molar-refractivity contribution in [1.82, 2.24) is 14.9 Å². The van der Waals surface area contributed by atoms with Crippen LogP contribution in [0.2, 0.25) is 0 Å². The number of hydrogen-bond donors (Lipinski definition) is 2. The van der Waals surface area contributed by atoms with Crippen LogP contribution in [0.3, 0.4) is 0 Å². The molecule has 144 valence electrons. The summed E-state index contributed by atoms with van der Waals surface area (Å²) in [6.45, 7) is 7.19. The fraction of sp³-hybridized carbons (Fsp3) is 0.421. The van der Waals surface area contributed by atoms with Gasteiger partial charge in [-0.25, -0.2) is 9.78 Å². The molecule has 0 atom stereocenters. The highest BCUT2D eigenvalue weighted by Gasteiger charge is 2.10. The zero-order chi connectivity index (χ0) is 19.1. The Labute approximate surface area is 158 Å². The van der Waals surface area contributed by atoms with Crippen LogP contribution in [0, 0.1) is 6.92 Å². The van der Waals surface area contributed by atoms with Gasteiger partial charge in [-0.1, -0.05) is 6.07 Å². The van der Waals surface area contributed by atoms with Crippen LogP contribution in [0.25, 0.3) is 0 Å². The topological polar surface area (TPSA) is 88.6 Å². The first-order valence-electron chi connectivity index (χ1n) is 8.99. The lowest BCUT2D eigenvalue weighted by atomic mass is 10.2. The molecule has 2 heterocycles. The van der Waals surface area contributed by atoms with E-state index in [1.165, 1.54) is 7.11 Å². The third kappa shape index (κ3) is 5.63. The molecule has 0 amide bonds. The number of carbonyl (C=O) groups is 1. The normalized spacial score (nSPS) is 14.6.